The molecule has 0 N–H and O–H groups in total. The van der Waals surface area contributed by atoms with Crippen LogP contribution in [0.3, 0.4) is 0 Å². The number of non-ortho nitro benzene ring substituents is 1. The monoisotopic (exact) mass is 618 g/mol. The van der Waals surface area contributed by atoms with Gasteiger partial charge in [0.15, 0.2) is 0 Å². The summed E-state index contributed by atoms with van der Waals surface area (Å²) in [6.45, 7) is 2.79. The van der Waals surface area contributed by atoms with Crippen LogP contribution in [0.2, 0.25) is 0 Å². The largest absolute Gasteiger partial charge is 0.445 e. The van der Waals surface area contributed by atoms with Crippen LogP contribution < -0.4 is 0 Å². The molecule has 0 unspecified atom stereocenters. The van der Waals surface area contributed by atoms with E-state index >= 15 is 0 Å². The number of carbonyl (C=O) groups excluding carboxylic acids is 1. The van der Waals surface area contributed by atoms with E-state index in [0.717, 1.165) is 44.5 Å². The Morgan fingerprint density at radius 3 is 2.25 bits per heavy atom. The summed E-state index contributed by atoms with van der Waals surface area (Å²) in [5.41, 5.74) is 1.71. The summed E-state index contributed by atoms with van der Waals surface area (Å²) >= 11 is 0. The number of hydrogen-bond acceptors (Lipinski definition) is 7. The molecule has 0 aromatic heterocycles. The highest BCUT2D eigenvalue weighted by molar-refractivity contribution is 7.89. The maximum absolute atomic E-state index is 13.2. The highest BCUT2D eigenvalue weighted by Crippen LogP contribution is 2.26. The summed E-state index contributed by atoms with van der Waals surface area (Å²) < 4.78 is 33.4. The molecule has 1 aliphatic rings. The topological polar surface area (TPSA) is 113 Å². The second kappa shape index (κ2) is 15.5. The Hall–Kier alpha value is -4.24. The van der Waals surface area contributed by atoms with Crippen molar-refractivity contribution in [2.45, 2.75) is 42.7 Å². The van der Waals surface area contributed by atoms with Gasteiger partial charge < -0.3 is 9.64 Å². The number of terminal acetylenes is 1. The summed E-state index contributed by atoms with van der Waals surface area (Å²) in [6, 6.07) is 24.3. The van der Waals surface area contributed by atoms with Crippen molar-refractivity contribution >= 4 is 21.8 Å². The fourth-order valence-corrected chi connectivity index (χ4v) is 6.68. The first kappa shape index (κ1) is 32.7. The number of sulfonamides is 1. The van der Waals surface area contributed by atoms with Gasteiger partial charge in [-0.2, -0.15) is 0 Å². The van der Waals surface area contributed by atoms with Crippen LogP contribution in [-0.2, 0) is 21.4 Å². The average Bonchev–Trinajstić information content (AvgIpc) is 3.05. The lowest BCUT2D eigenvalue weighted by Gasteiger charge is -2.37. The standard InChI is InChI=1S/C33H38N4O6S/c1-3-21-36(33(38)43-26-27-14-16-31(17-15-27)37(39)40)30-19-23-35(24-20-30)22-18-29(28-10-6-4-7-11-28)25-34(2)44(41,42)32-12-8-5-9-13-32/h1,4-17,29-30H,18-26H2,2H3/t29-/m1/s1. The molecule has 11 heteroatoms. The Labute approximate surface area is 259 Å². The third kappa shape index (κ3) is 8.66. The Kier molecular flexibility index (Phi) is 11.5. The van der Waals surface area contributed by atoms with Crippen LogP contribution in [0.15, 0.2) is 89.8 Å². The zero-order valence-electron chi connectivity index (χ0n) is 24.8. The normalized spacial score (nSPS) is 14.9. The minimum Gasteiger partial charge on any atom is -0.445 e. The maximum Gasteiger partial charge on any atom is 0.411 e. The Morgan fingerprint density at radius 2 is 1.66 bits per heavy atom. The molecule has 10 nitrogen and oxygen atoms in total. The lowest BCUT2D eigenvalue weighted by Crippen LogP contribution is -2.48. The first-order valence-corrected chi connectivity index (χ1v) is 16.0. The van der Waals surface area contributed by atoms with Crippen molar-refractivity contribution in [2.24, 2.45) is 0 Å². The number of nitro groups is 1. The van der Waals surface area contributed by atoms with Crippen LogP contribution in [0.4, 0.5) is 10.5 Å². The number of nitro benzene ring substituents is 1. The molecule has 0 saturated carbocycles. The fourth-order valence-electron chi connectivity index (χ4n) is 5.45. The Morgan fingerprint density at radius 1 is 1.05 bits per heavy atom. The van der Waals surface area contributed by atoms with Crippen molar-refractivity contribution in [1.82, 2.24) is 14.1 Å². The second-order valence-corrected chi connectivity index (χ2v) is 12.9. The van der Waals surface area contributed by atoms with E-state index in [9.17, 15) is 23.3 Å². The molecule has 3 aromatic carbocycles. The van der Waals surface area contributed by atoms with Crippen LogP contribution >= 0.6 is 0 Å². The van der Waals surface area contributed by atoms with E-state index < -0.39 is 21.0 Å². The van der Waals surface area contributed by atoms with Crippen molar-refractivity contribution in [1.29, 1.82) is 0 Å². The molecule has 0 radical (unpaired) electrons. The Bertz CT molecular complexity index is 1520. The van der Waals surface area contributed by atoms with Gasteiger partial charge in [0.05, 0.1) is 16.4 Å². The summed E-state index contributed by atoms with van der Waals surface area (Å²) in [5, 5.41) is 10.9. The highest BCUT2D eigenvalue weighted by atomic mass is 32.2. The number of rotatable bonds is 13. The third-order valence-electron chi connectivity index (χ3n) is 8.00. The quantitative estimate of drug-likeness (QED) is 0.148. The molecule has 44 heavy (non-hydrogen) atoms. The predicted octanol–water partition coefficient (Wildman–Crippen LogP) is 5.13. The van der Waals surface area contributed by atoms with Crippen LogP contribution in [0.25, 0.3) is 0 Å². The number of piperidine rings is 1. The lowest BCUT2D eigenvalue weighted by atomic mass is 9.94. The molecular formula is C33H38N4O6S. The van der Waals surface area contributed by atoms with Gasteiger partial charge in [-0.05, 0) is 67.1 Å². The summed E-state index contributed by atoms with van der Waals surface area (Å²) in [6.07, 6.45) is 7.30. The molecule has 1 atom stereocenters. The zero-order valence-corrected chi connectivity index (χ0v) is 25.6. The zero-order chi connectivity index (χ0) is 31.5. The molecule has 0 bridgehead atoms. The van der Waals surface area contributed by atoms with Crippen LogP contribution in [0.5, 0.6) is 0 Å². The number of benzene rings is 3. The van der Waals surface area contributed by atoms with Gasteiger partial charge in [-0.1, -0.05) is 54.5 Å². The van der Waals surface area contributed by atoms with E-state index in [2.05, 4.69) is 10.8 Å². The maximum atomic E-state index is 13.2. The smallest absolute Gasteiger partial charge is 0.411 e. The van der Waals surface area contributed by atoms with E-state index in [4.69, 9.17) is 11.2 Å². The van der Waals surface area contributed by atoms with E-state index in [1.807, 2.05) is 30.3 Å². The summed E-state index contributed by atoms with van der Waals surface area (Å²) in [5.74, 6) is 2.56. The molecule has 4 rings (SSSR count). The van der Waals surface area contributed by atoms with Crippen molar-refractivity contribution in [2.75, 3.05) is 39.8 Å². The van der Waals surface area contributed by atoms with Crippen molar-refractivity contribution < 1.29 is 22.9 Å². The molecule has 0 spiro atoms. The van der Waals surface area contributed by atoms with E-state index in [-0.39, 0.29) is 35.7 Å². The van der Waals surface area contributed by atoms with E-state index in [1.54, 1.807) is 54.4 Å². The SMILES string of the molecule is C#CCN(C(=O)OCc1ccc([N+](=O)[O-])cc1)C1CCN(CC[C@H](CN(C)S(=O)(=O)c2ccccc2)c2ccccc2)CC1. The van der Waals surface area contributed by atoms with Crippen LogP contribution in [0, 0.1) is 22.5 Å². The average molecular weight is 619 g/mol. The number of likely N-dealkylation sites (N-methyl/N-ethyl adjacent to an activating group) is 1. The van der Waals surface area contributed by atoms with Crippen molar-refractivity contribution in [3.8, 4) is 12.3 Å². The molecule has 0 aliphatic carbocycles. The first-order chi connectivity index (χ1) is 21.2. The predicted molar refractivity (Wildman–Crippen MR) is 168 cm³/mol. The number of nitrogens with zero attached hydrogens (tertiary/aromatic N) is 4. The highest BCUT2D eigenvalue weighted by Gasteiger charge is 2.30. The number of likely N-dealkylation sites (tertiary alicyclic amines) is 1. The van der Waals surface area contributed by atoms with E-state index in [1.165, 1.54) is 16.4 Å². The molecular weight excluding hydrogens is 580 g/mol. The van der Waals surface area contributed by atoms with Gasteiger partial charge in [0.1, 0.15) is 6.61 Å². The lowest BCUT2D eigenvalue weighted by molar-refractivity contribution is -0.384. The second-order valence-electron chi connectivity index (χ2n) is 10.9. The fraction of sp³-hybridized carbons (Fsp3) is 0.364. The summed E-state index contributed by atoms with van der Waals surface area (Å²) in [7, 11) is -1.99. The number of ether oxygens (including phenoxy) is 1. The number of carbonyl (C=O) groups is 1. The van der Waals surface area contributed by atoms with Gasteiger partial charge >= 0.3 is 6.09 Å². The van der Waals surface area contributed by atoms with Gasteiger partial charge in [0.25, 0.3) is 5.69 Å². The van der Waals surface area contributed by atoms with Crippen LogP contribution in [0.1, 0.15) is 36.3 Å². The van der Waals surface area contributed by atoms with Crippen molar-refractivity contribution in [3.63, 3.8) is 0 Å². The van der Waals surface area contributed by atoms with Gasteiger partial charge in [0.2, 0.25) is 10.0 Å². The first-order valence-electron chi connectivity index (χ1n) is 14.6. The number of amides is 1. The molecule has 1 fully saturated rings. The van der Waals surface area contributed by atoms with Crippen LogP contribution in [-0.4, -0.2) is 79.4 Å². The van der Waals surface area contributed by atoms with Gasteiger partial charge in [0, 0.05) is 44.9 Å². The van der Waals surface area contributed by atoms with Gasteiger partial charge in [-0.3, -0.25) is 15.0 Å². The molecule has 3 aromatic rings. The molecule has 1 heterocycles. The van der Waals surface area contributed by atoms with Gasteiger partial charge in [-0.25, -0.2) is 17.5 Å². The molecule has 232 valence electrons. The molecule has 1 saturated heterocycles. The van der Waals surface area contributed by atoms with Crippen molar-refractivity contribution in [3.05, 3.63) is 106 Å². The van der Waals surface area contributed by atoms with Gasteiger partial charge in [-0.15, -0.1) is 6.42 Å². The minimum atomic E-state index is -3.62. The molecule has 1 amide bonds. The molecule has 1 aliphatic heterocycles. The number of hydrogen-bond donors (Lipinski definition) is 0. The third-order valence-corrected chi connectivity index (χ3v) is 9.83. The summed E-state index contributed by atoms with van der Waals surface area (Å²) in [4.78, 5) is 27.5. The Balaban J connectivity index is 1.32. The van der Waals surface area contributed by atoms with E-state index in [0.29, 0.717) is 12.1 Å². The minimum absolute atomic E-state index is 0.00440.